The van der Waals surface area contributed by atoms with Crippen LogP contribution in [0, 0.1) is 0 Å². The number of aliphatic hydroxyl groups is 10. The molecule has 0 heterocycles. The number of esters is 1. The SMILES string of the molecule is NCCCCc1ccc(-c2ccc(CCCOC(=O)CCN(C[C@H](O)[C@@H](O)[C@H](O)[C@H](O)CO)C[C@H](O)[C@@H](O)[C@H](O)[C@H](O)CO)cc2)cc1. The molecule has 0 aliphatic rings. The van der Waals surface area contributed by atoms with Crippen LogP contribution in [-0.2, 0) is 22.4 Å². The van der Waals surface area contributed by atoms with Crippen molar-refractivity contribution in [2.45, 2.75) is 87.4 Å². The number of unbranched alkanes of at least 4 members (excludes halogenated alkanes) is 1. The Hall–Kier alpha value is -2.57. The summed E-state index contributed by atoms with van der Waals surface area (Å²) >= 11 is 0. The summed E-state index contributed by atoms with van der Waals surface area (Å²) in [6.07, 6.45) is -10.5. The predicted octanol–water partition coefficient (Wildman–Crippen LogP) is -2.33. The van der Waals surface area contributed by atoms with E-state index in [1.54, 1.807) is 0 Å². The number of hydrogen-bond donors (Lipinski definition) is 11. The van der Waals surface area contributed by atoms with Crippen LogP contribution in [-0.4, -0.2) is 157 Å². The maximum atomic E-state index is 12.5. The highest BCUT2D eigenvalue weighted by Gasteiger charge is 2.34. The molecule has 0 saturated carbocycles. The largest absolute Gasteiger partial charge is 0.466 e. The average molecular weight is 683 g/mol. The molecular formula is C34H54N2O12. The highest BCUT2D eigenvalue weighted by Crippen LogP contribution is 2.21. The van der Waals surface area contributed by atoms with Gasteiger partial charge in [0.05, 0.1) is 38.4 Å². The minimum Gasteiger partial charge on any atom is -0.466 e. The summed E-state index contributed by atoms with van der Waals surface area (Å²) in [6.45, 7) is -2.03. The Balaban J connectivity index is 1.87. The van der Waals surface area contributed by atoms with Crippen molar-refractivity contribution in [1.29, 1.82) is 0 Å². The van der Waals surface area contributed by atoms with E-state index in [1.807, 2.05) is 24.3 Å². The Morgan fingerprint density at radius 1 is 0.625 bits per heavy atom. The summed E-state index contributed by atoms with van der Waals surface area (Å²) in [5, 5.41) is 98.3. The van der Waals surface area contributed by atoms with Gasteiger partial charge in [0, 0.05) is 19.6 Å². The van der Waals surface area contributed by atoms with Crippen molar-refractivity contribution >= 4 is 5.97 Å². The van der Waals surface area contributed by atoms with Crippen LogP contribution in [0.4, 0.5) is 0 Å². The van der Waals surface area contributed by atoms with Crippen LogP contribution in [0.1, 0.15) is 36.8 Å². The number of carbonyl (C=O) groups is 1. The Kier molecular flexibility index (Phi) is 19.2. The number of nitrogens with two attached hydrogens (primary N) is 1. The topological polar surface area (TPSA) is 258 Å². The van der Waals surface area contributed by atoms with Gasteiger partial charge in [-0.3, -0.25) is 9.69 Å². The quantitative estimate of drug-likeness (QED) is 0.0410. The van der Waals surface area contributed by atoms with Crippen LogP contribution in [0.5, 0.6) is 0 Å². The molecular weight excluding hydrogens is 628 g/mol. The third kappa shape index (κ3) is 14.1. The Morgan fingerprint density at radius 2 is 1.04 bits per heavy atom. The van der Waals surface area contributed by atoms with Gasteiger partial charge in [0.25, 0.3) is 0 Å². The van der Waals surface area contributed by atoms with E-state index in [1.165, 1.54) is 10.5 Å². The minimum absolute atomic E-state index is 0.130. The molecule has 12 N–H and O–H groups in total. The van der Waals surface area contributed by atoms with E-state index in [-0.39, 0.29) is 19.6 Å². The number of nitrogens with zero attached hydrogens (tertiary/aromatic N) is 1. The molecule has 0 amide bonds. The smallest absolute Gasteiger partial charge is 0.307 e. The molecule has 0 fully saturated rings. The van der Waals surface area contributed by atoms with Gasteiger partial charge in [-0.15, -0.1) is 0 Å². The van der Waals surface area contributed by atoms with Crippen LogP contribution in [0.2, 0.25) is 0 Å². The zero-order chi connectivity index (χ0) is 35.6. The molecule has 0 bridgehead atoms. The van der Waals surface area contributed by atoms with E-state index in [2.05, 4.69) is 24.3 Å². The van der Waals surface area contributed by atoms with Crippen molar-refractivity contribution in [1.82, 2.24) is 4.90 Å². The first-order chi connectivity index (χ1) is 22.9. The van der Waals surface area contributed by atoms with E-state index in [0.29, 0.717) is 19.4 Å². The summed E-state index contributed by atoms with van der Waals surface area (Å²) in [6, 6.07) is 16.6. The first kappa shape index (κ1) is 41.6. The predicted molar refractivity (Wildman–Crippen MR) is 176 cm³/mol. The van der Waals surface area contributed by atoms with Crippen LogP contribution >= 0.6 is 0 Å². The normalized spacial score (nSPS) is 16.9. The molecule has 272 valence electrons. The lowest BCUT2D eigenvalue weighted by atomic mass is 10.00. The van der Waals surface area contributed by atoms with Gasteiger partial charge in [0.2, 0.25) is 0 Å². The van der Waals surface area contributed by atoms with E-state index in [9.17, 15) is 45.6 Å². The van der Waals surface area contributed by atoms with Gasteiger partial charge in [-0.25, -0.2) is 0 Å². The fourth-order valence-electron chi connectivity index (χ4n) is 5.11. The number of benzene rings is 2. The van der Waals surface area contributed by atoms with Crippen molar-refractivity contribution < 1.29 is 60.6 Å². The van der Waals surface area contributed by atoms with Gasteiger partial charge >= 0.3 is 5.97 Å². The second-order valence-corrected chi connectivity index (χ2v) is 12.1. The lowest BCUT2D eigenvalue weighted by Crippen LogP contribution is -2.53. The fourth-order valence-corrected chi connectivity index (χ4v) is 5.11. The maximum absolute atomic E-state index is 12.5. The highest BCUT2D eigenvalue weighted by molar-refractivity contribution is 5.69. The molecule has 0 radical (unpaired) electrons. The molecule has 0 aliphatic heterocycles. The molecule has 8 atom stereocenters. The van der Waals surface area contributed by atoms with E-state index in [0.717, 1.165) is 36.0 Å². The summed E-state index contributed by atoms with van der Waals surface area (Å²) in [4.78, 5) is 13.7. The number of carbonyl (C=O) groups excluding carboxylic acids is 1. The van der Waals surface area contributed by atoms with E-state index >= 15 is 0 Å². The van der Waals surface area contributed by atoms with E-state index < -0.39 is 81.1 Å². The van der Waals surface area contributed by atoms with Gasteiger partial charge in [0.1, 0.15) is 36.6 Å². The summed E-state index contributed by atoms with van der Waals surface area (Å²) in [5.41, 5.74) is 10.1. The first-order valence-corrected chi connectivity index (χ1v) is 16.3. The van der Waals surface area contributed by atoms with Crippen LogP contribution in [0.25, 0.3) is 11.1 Å². The zero-order valence-electron chi connectivity index (χ0n) is 27.2. The fraction of sp³-hybridized carbons (Fsp3) is 0.618. The summed E-state index contributed by atoms with van der Waals surface area (Å²) < 4.78 is 5.33. The molecule has 0 spiro atoms. The number of aryl methyl sites for hydroxylation is 2. The molecule has 0 unspecified atom stereocenters. The molecule has 2 aromatic rings. The zero-order valence-corrected chi connectivity index (χ0v) is 27.2. The second kappa shape index (κ2) is 22.2. The molecule has 48 heavy (non-hydrogen) atoms. The number of ether oxygens (including phenoxy) is 1. The molecule has 14 heteroatoms. The van der Waals surface area contributed by atoms with Gasteiger partial charge in [-0.05, 0) is 60.9 Å². The monoisotopic (exact) mass is 682 g/mol. The van der Waals surface area contributed by atoms with Crippen molar-refractivity contribution in [2.75, 3.05) is 46.0 Å². The maximum Gasteiger partial charge on any atom is 0.307 e. The van der Waals surface area contributed by atoms with E-state index in [4.69, 9.17) is 20.7 Å². The van der Waals surface area contributed by atoms with Crippen molar-refractivity contribution in [3.8, 4) is 11.1 Å². The molecule has 0 aromatic heterocycles. The van der Waals surface area contributed by atoms with Crippen molar-refractivity contribution in [3.05, 3.63) is 59.7 Å². The standard InChI is InChI=1S/C34H54N2O12/c35-15-2-1-4-22-6-10-24(11-7-22)25-12-8-23(9-13-25)5-3-17-48-30(43)14-16-36(18-26(39)31(44)33(46)28(41)20-37)19-27(40)32(45)34(47)29(42)21-38/h6-13,26-29,31-34,37-42,44-47H,1-5,14-21,35H2/t26-,27-,28+,29+,31+,32+,33+,34+/m0/s1. The molecule has 0 aliphatic carbocycles. The van der Waals surface area contributed by atoms with Crippen molar-refractivity contribution in [2.24, 2.45) is 5.73 Å². The van der Waals surface area contributed by atoms with Crippen LogP contribution in [0.3, 0.4) is 0 Å². The Bertz CT molecular complexity index is 1130. The average Bonchev–Trinajstić information content (AvgIpc) is 3.10. The molecule has 2 rings (SSSR count). The van der Waals surface area contributed by atoms with Gasteiger partial charge in [0.15, 0.2) is 0 Å². The molecule has 0 saturated heterocycles. The lowest BCUT2D eigenvalue weighted by Gasteiger charge is -2.33. The van der Waals surface area contributed by atoms with Crippen LogP contribution in [0.15, 0.2) is 48.5 Å². The minimum atomic E-state index is -1.92. The number of aliphatic hydroxyl groups excluding tert-OH is 10. The number of hydrogen-bond acceptors (Lipinski definition) is 14. The Morgan fingerprint density at radius 3 is 1.46 bits per heavy atom. The third-order valence-electron chi connectivity index (χ3n) is 8.21. The Labute approximate surface area is 281 Å². The summed E-state index contributed by atoms with van der Waals surface area (Å²) in [5.74, 6) is -0.599. The van der Waals surface area contributed by atoms with Crippen LogP contribution < -0.4 is 5.73 Å². The number of rotatable bonds is 24. The van der Waals surface area contributed by atoms with Crippen molar-refractivity contribution in [3.63, 3.8) is 0 Å². The highest BCUT2D eigenvalue weighted by atomic mass is 16.5. The lowest BCUT2D eigenvalue weighted by molar-refractivity contribution is -0.145. The van der Waals surface area contributed by atoms with Gasteiger partial charge < -0.3 is 61.5 Å². The third-order valence-corrected chi connectivity index (χ3v) is 8.21. The van der Waals surface area contributed by atoms with Gasteiger partial charge in [-0.2, -0.15) is 0 Å². The first-order valence-electron chi connectivity index (χ1n) is 16.3. The second-order valence-electron chi connectivity index (χ2n) is 12.1. The van der Waals surface area contributed by atoms with Gasteiger partial charge in [-0.1, -0.05) is 48.5 Å². The molecule has 14 nitrogen and oxygen atoms in total. The molecule has 2 aromatic carbocycles. The summed E-state index contributed by atoms with van der Waals surface area (Å²) in [7, 11) is 0.